The molecule has 0 saturated heterocycles. The number of hydrogen-bond donors (Lipinski definition) is 0. The molecule has 0 aliphatic heterocycles. The number of nitrogens with zero attached hydrogens (tertiary/aromatic N) is 2. The molecule has 1 heterocycles. The molecule has 0 unspecified atom stereocenters. The van der Waals surface area contributed by atoms with Gasteiger partial charge in [-0.1, -0.05) is 128 Å². The minimum atomic E-state index is -3.05. The van der Waals surface area contributed by atoms with E-state index in [0.29, 0.717) is 55.0 Å². The fourth-order valence-electron chi connectivity index (χ4n) is 5.84. The van der Waals surface area contributed by atoms with Gasteiger partial charge in [0.25, 0.3) is 0 Å². The largest absolute Gasteiger partial charge is 0.296 e. The van der Waals surface area contributed by atoms with Crippen LogP contribution in [0.5, 0.6) is 0 Å². The summed E-state index contributed by atoms with van der Waals surface area (Å²) in [6.45, 7) is -3.05. The van der Waals surface area contributed by atoms with Crippen LogP contribution in [0.2, 0.25) is 0 Å². The van der Waals surface area contributed by atoms with Gasteiger partial charge in [-0.15, -0.1) is 0 Å². The van der Waals surface area contributed by atoms with E-state index in [4.69, 9.17) is 20.6 Å². The smallest absolute Gasteiger partial charge is 0.114 e. The molecule has 0 spiro atoms. The van der Waals surface area contributed by atoms with Crippen molar-refractivity contribution in [2.45, 2.75) is 13.2 Å². The summed E-state index contributed by atoms with van der Waals surface area (Å²) in [5, 5.41) is 1.57. The highest BCUT2D eigenvalue weighted by atomic mass is 15.1. The Bertz CT molecular complexity index is 2980. The average molecular weight is 566 g/mol. The summed E-state index contributed by atoms with van der Waals surface area (Å²) >= 11 is 0. The van der Waals surface area contributed by atoms with E-state index >= 15 is 0 Å². The molecule has 43 heavy (non-hydrogen) atoms. The van der Waals surface area contributed by atoms with E-state index in [0.717, 1.165) is 0 Å². The highest BCUT2D eigenvalue weighted by molar-refractivity contribution is 6.21. The maximum atomic E-state index is 9.01. The molecule has 7 aromatic carbocycles. The van der Waals surface area contributed by atoms with Crippen LogP contribution < -0.4 is 0 Å². The van der Waals surface area contributed by atoms with Crippen LogP contribution >= 0.6 is 0 Å². The summed E-state index contributed by atoms with van der Waals surface area (Å²) in [6, 6.07) is 20.6. The number of benzene rings is 7. The van der Waals surface area contributed by atoms with E-state index in [1.165, 1.54) is 4.57 Å². The number of rotatable bonds is 5. The minimum absolute atomic E-state index is 0.0717. The molecule has 0 bridgehead atoms. The molecule has 0 aliphatic rings. The monoisotopic (exact) mass is 565 g/mol. The number of imidazole rings is 1. The van der Waals surface area contributed by atoms with E-state index in [-0.39, 0.29) is 22.5 Å². The molecular weight excluding hydrogens is 520 g/mol. The van der Waals surface area contributed by atoms with Crippen LogP contribution in [-0.2, 0) is 6.37 Å². The zero-order valence-electron chi connectivity index (χ0n) is 37.6. The Morgan fingerprint density at radius 2 is 1.23 bits per heavy atom. The maximum absolute atomic E-state index is 9.01. The molecule has 8 rings (SSSR count). The summed E-state index contributed by atoms with van der Waals surface area (Å²) in [4.78, 5) is 4.43. The summed E-state index contributed by atoms with van der Waals surface area (Å²) in [5.74, 6) is -0.317. The lowest BCUT2D eigenvalue weighted by atomic mass is 9.85. The first-order valence-corrected chi connectivity index (χ1v) is 13.6. The lowest BCUT2D eigenvalue weighted by molar-refractivity contribution is 0.908. The van der Waals surface area contributed by atoms with Crippen molar-refractivity contribution in [1.82, 2.24) is 9.55 Å². The summed E-state index contributed by atoms with van der Waals surface area (Å²) in [5.41, 5.74) is 2.78. The SMILES string of the molecule is [2H]c1c([2H])c([2H])c(-c2c3ccccc3c(-c3c([2H])c([2H])c([2H])c([2H])c3[2H])c3cc(-c4cccc(-n5c(C([2H])([2H])C([2H])([2H])[2H])nc6ccccc65)c4)ccc23)c([2H])c1[2H]. The van der Waals surface area contributed by atoms with E-state index in [1.54, 1.807) is 91.0 Å². The van der Waals surface area contributed by atoms with Crippen LogP contribution in [0.1, 0.15) is 33.2 Å². The molecule has 204 valence electrons. The second kappa shape index (κ2) is 10.4. The molecule has 2 nitrogen and oxygen atoms in total. The van der Waals surface area contributed by atoms with Crippen LogP contribution in [0.15, 0.2) is 151 Å². The number of aryl methyl sites for hydroxylation is 1. The van der Waals surface area contributed by atoms with Crippen molar-refractivity contribution >= 4 is 32.6 Å². The Morgan fingerprint density at radius 1 is 0.605 bits per heavy atom. The van der Waals surface area contributed by atoms with Crippen LogP contribution in [0.3, 0.4) is 0 Å². The van der Waals surface area contributed by atoms with Gasteiger partial charge in [0.15, 0.2) is 0 Å². The van der Waals surface area contributed by atoms with Crippen LogP contribution in [0, 0.1) is 0 Å². The third-order valence-corrected chi connectivity index (χ3v) is 7.63. The quantitative estimate of drug-likeness (QED) is 0.190. The topological polar surface area (TPSA) is 17.8 Å². The zero-order valence-corrected chi connectivity index (χ0v) is 22.6. The second-order valence-corrected chi connectivity index (χ2v) is 9.99. The van der Waals surface area contributed by atoms with Gasteiger partial charge in [0.1, 0.15) is 5.82 Å². The lowest BCUT2D eigenvalue weighted by Crippen LogP contribution is -2.00. The summed E-state index contributed by atoms with van der Waals surface area (Å²) in [7, 11) is 0. The van der Waals surface area contributed by atoms with Crippen molar-refractivity contribution in [3.8, 4) is 39.1 Å². The molecule has 0 saturated carbocycles. The Morgan fingerprint density at radius 3 is 1.95 bits per heavy atom. The lowest BCUT2D eigenvalue weighted by Gasteiger charge is -2.19. The number of hydrogen-bond acceptors (Lipinski definition) is 1. The molecule has 1 aromatic heterocycles. The Hall–Kier alpha value is -5.47. The van der Waals surface area contributed by atoms with Crippen LogP contribution in [-0.4, -0.2) is 9.55 Å². The highest BCUT2D eigenvalue weighted by Gasteiger charge is 2.18. The van der Waals surface area contributed by atoms with Gasteiger partial charge in [-0.2, -0.15) is 0 Å². The standard InChI is InChI=1S/C41H30N2/c1-2-39-42-37-22-11-12-23-38(37)43(39)32-19-13-18-30(26-32)31-24-25-35-36(27-31)41(29-16-7-4-8-17-29)34-21-10-9-20-33(34)40(35)28-14-5-3-6-15-28/h3-27H,2H2,1H3/i1D3,2D2,3D,4D,5D,6D,7D,8D,14D,15D,16D,17D. The van der Waals surface area contributed by atoms with Crippen molar-refractivity contribution < 1.29 is 20.6 Å². The molecule has 0 aliphatic carbocycles. The molecule has 0 radical (unpaired) electrons. The first-order valence-electron chi connectivity index (χ1n) is 21.1. The van der Waals surface area contributed by atoms with Gasteiger partial charge in [-0.25, -0.2) is 4.98 Å². The Labute approximate surface area is 272 Å². The van der Waals surface area contributed by atoms with Gasteiger partial charge < -0.3 is 0 Å². The highest BCUT2D eigenvalue weighted by Crippen LogP contribution is 2.44. The van der Waals surface area contributed by atoms with E-state index < -0.39 is 73.6 Å². The van der Waals surface area contributed by atoms with Gasteiger partial charge in [0.05, 0.1) is 24.7 Å². The first-order chi connectivity index (χ1) is 27.4. The van der Waals surface area contributed by atoms with Gasteiger partial charge in [-0.3, -0.25) is 4.57 Å². The second-order valence-electron chi connectivity index (χ2n) is 9.99. The van der Waals surface area contributed by atoms with E-state index in [1.807, 2.05) is 0 Å². The molecule has 0 amide bonds. The van der Waals surface area contributed by atoms with Crippen molar-refractivity contribution in [2.24, 2.45) is 0 Å². The van der Waals surface area contributed by atoms with Crippen molar-refractivity contribution in [2.75, 3.05) is 0 Å². The maximum Gasteiger partial charge on any atom is 0.114 e. The fourth-order valence-corrected chi connectivity index (χ4v) is 5.84. The van der Waals surface area contributed by atoms with Gasteiger partial charge in [0.2, 0.25) is 0 Å². The third kappa shape index (κ3) is 4.23. The van der Waals surface area contributed by atoms with E-state index in [9.17, 15) is 0 Å². The first kappa shape index (κ1) is 14.1. The van der Waals surface area contributed by atoms with Gasteiger partial charge >= 0.3 is 0 Å². The Balaban J connectivity index is 1.49. The summed E-state index contributed by atoms with van der Waals surface area (Å²) < 4.78 is 129. The normalized spacial score (nSPS) is 17.1. The number of fused-ring (bicyclic) bond motifs is 3. The average Bonchev–Trinajstić information content (AvgIpc) is 3.61. The summed E-state index contributed by atoms with van der Waals surface area (Å²) in [6.07, 6.45) is -2.84. The van der Waals surface area contributed by atoms with Crippen molar-refractivity contribution in [1.29, 1.82) is 0 Å². The third-order valence-electron chi connectivity index (χ3n) is 7.63. The predicted octanol–water partition coefficient (Wildman–Crippen LogP) is 10.9. The molecule has 0 atom stereocenters. The fraction of sp³-hybridized carbons (Fsp3) is 0.0488. The minimum Gasteiger partial charge on any atom is -0.296 e. The molecular formula is C41H30N2. The molecule has 0 N–H and O–H groups in total. The molecule has 0 fully saturated rings. The predicted molar refractivity (Wildman–Crippen MR) is 182 cm³/mol. The molecule has 8 aromatic rings. The van der Waals surface area contributed by atoms with E-state index in [2.05, 4.69) is 4.98 Å². The molecule has 2 heteroatoms. The van der Waals surface area contributed by atoms with Crippen LogP contribution in [0.25, 0.3) is 71.6 Å². The van der Waals surface area contributed by atoms with Gasteiger partial charge in [-0.05, 0) is 85.3 Å². The van der Waals surface area contributed by atoms with Crippen molar-refractivity contribution in [3.63, 3.8) is 0 Å². The van der Waals surface area contributed by atoms with Crippen molar-refractivity contribution in [3.05, 3.63) is 157 Å². The Kier molecular flexibility index (Phi) is 3.42. The zero-order chi connectivity index (χ0) is 41.7. The number of aromatic nitrogens is 2. The number of para-hydroxylation sites is 2. The van der Waals surface area contributed by atoms with Gasteiger partial charge in [0, 0.05) is 18.9 Å². The van der Waals surface area contributed by atoms with Crippen LogP contribution in [0.4, 0.5) is 0 Å².